The highest BCUT2D eigenvalue weighted by Gasteiger charge is 2.36. The van der Waals surface area contributed by atoms with E-state index in [1.165, 1.54) is 5.56 Å². The van der Waals surface area contributed by atoms with Gasteiger partial charge in [0, 0.05) is 42.5 Å². The quantitative estimate of drug-likeness (QED) is 0.844. The fourth-order valence-electron chi connectivity index (χ4n) is 4.37. The maximum atomic E-state index is 11.7. The van der Waals surface area contributed by atoms with Gasteiger partial charge in [0.15, 0.2) is 0 Å². The van der Waals surface area contributed by atoms with Gasteiger partial charge in [-0.15, -0.1) is 0 Å². The number of hydrazine groups is 1. The molecule has 1 amide bonds. The van der Waals surface area contributed by atoms with E-state index in [4.69, 9.17) is 0 Å². The van der Waals surface area contributed by atoms with E-state index in [-0.39, 0.29) is 17.4 Å². The highest BCUT2D eigenvalue weighted by atomic mass is 16.1. The maximum Gasteiger partial charge on any atom is 0.220 e. The number of amides is 1. The van der Waals surface area contributed by atoms with E-state index in [1.807, 2.05) is 38.1 Å². The fourth-order valence-corrected chi connectivity index (χ4v) is 4.37. The summed E-state index contributed by atoms with van der Waals surface area (Å²) in [6.45, 7) is 7.69. The smallest absolute Gasteiger partial charge is 0.220 e. The normalized spacial score (nSPS) is 23.4. The van der Waals surface area contributed by atoms with Gasteiger partial charge >= 0.3 is 0 Å². The molecule has 2 atom stereocenters. The lowest BCUT2D eigenvalue weighted by atomic mass is 9.82. The molecular formula is C24H27N5O. The van der Waals surface area contributed by atoms with Crippen molar-refractivity contribution in [3.8, 4) is 6.07 Å². The average molecular weight is 402 g/mol. The second-order valence-corrected chi connectivity index (χ2v) is 8.66. The lowest BCUT2D eigenvalue weighted by molar-refractivity contribution is -0.124. The lowest BCUT2D eigenvalue weighted by Gasteiger charge is -2.42. The van der Waals surface area contributed by atoms with Gasteiger partial charge in [-0.2, -0.15) is 5.26 Å². The molecule has 6 nitrogen and oxygen atoms in total. The number of nitrogens with zero attached hydrogens (tertiary/aromatic N) is 4. The fraction of sp³-hybridized carbons (Fsp3) is 0.375. The summed E-state index contributed by atoms with van der Waals surface area (Å²) >= 11 is 0. The van der Waals surface area contributed by atoms with Crippen molar-refractivity contribution in [1.82, 2.24) is 15.3 Å². The third-order valence-corrected chi connectivity index (χ3v) is 5.88. The van der Waals surface area contributed by atoms with Gasteiger partial charge in [-0.05, 0) is 62.2 Å². The number of benzene rings is 1. The molecular weight excluding hydrogens is 374 g/mol. The summed E-state index contributed by atoms with van der Waals surface area (Å²) in [6, 6.07) is 14.2. The van der Waals surface area contributed by atoms with Crippen LogP contribution in [0.3, 0.4) is 0 Å². The molecule has 1 saturated heterocycles. The van der Waals surface area contributed by atoms with Crippen molar-refractivity contribution in [1.29, 1.82) is 5.26 Å². The van der Waals surface area contributed by atoms with Crippen LogP contribution < -0.4 is 10.3 Å². The molecule has 0 spiro atoms. The largest absolute Gasteiger partial charge is 0.355 e. The summed E-state index contributed by atoms with van der Waals surface area (Å²) in [5, 5.41) is 16.9. The van der Waals surface area contributed by atoms with Crippen molar-refractivity contribution in [2.75, 3.05) is 18.1 Å². The van der Waals surface area contributed by atoms with Crippen LogP contribution in [-0.4, -0.2) is 29.0 Å². The van der Waals surface area contributed by atoms with E-state index in [0.717, 1.165) is 30.0 Å². The Morgan fingerprint density at radius 1 is 1.27 bits per heavy atom. The zero-order valence-corrected chi connectivity index (χ0v) is 17.7. The van der Waals surface area contributed by atoms with Crippen molar-refractivity contribution in [2.24, 2.45) is 5.41 Å². The zero-order valence-electron chi connectivity index (χ0n) is 17.7. The molecule has 30 heavy (non-hydrogen) atoms. The molecule has 2 unspecified atom stereocenters. The number of carbonyl (C=O) groups excluding carboxylic acids is 1. The number of nitrogens with one attached hydrogen (secondary N) is 1. The number of aryl methyl sites for hydroxylation is 2. The molecule has 0 aliphatic carbocycles. The van der Waals surface area contributed by atoms with Gasteiger partial charge in [0.05, 0.1) is 23.4 Å². The molecule has 0 bridgehead atoms. The molecule has 1 aromatic carbocycles. The molecule has 4 rings (SSSR count). The summed E-state index contributed by atoms with van der Waals surface area (Å²) in [6.07, 6.45) is 5.73. The molecule has 1 N–H and O–H groups in total. The van der Waals surface area contributed by atoms with Crippen molar-refractivity contribution in [3.63, 3.8) is 0 Å². The first kappa shape index (κ1) is 20.0. The van der Waals surface area contributed by atoms with Crippen LogP contribution >= 0.6 is 0 Å². The van der Waals surface area contributed by atoms with E-state index in [0.29, 0.717) is 18.5 Å². The summed E-state index contributed by atoms with van der Waals surface area (Å²) in [5.74, 6) is 0.128. The van der Waals surface area contributed by atoms with E-state index in [1.54, 1.807) is 0 Å². The number of hydrogen-bond acceptors (Lipinski definition) is 5. The Kier molecular flexibility index (Phi) is 5.21. The van der Waals surface area contributed by atoms with Crippen LogP contribution in [0.1, 0.15) is 48.3 Å². The van der Waals surface area contributed by atoms with Crippen LogP contribution in [0.2, 0.25) is 0 Å². The summed E-state index contributed by atoms with van der Waals surface area (Å²) in [7, 11) is 0. The van der Waals surface area contributed by atoms with Crippen molar-refractivity contribution >= 4 is 11.6 Å². The Labute approximate surface area is 177 Å². The molecule has 1 fully saturated rings. The topological polar surface area (TPSA) is 72.3 Å². The molecule has 2 aromatic rings. The molecule has 2 aliphatic rings. The molecule has 0 radical (unpaired) electrons. The van der Waals surface area contributed by atoms with Gasteiger partial charge in [-0.3, -0.25) is 19.8 Å². The number of anilines is 1. The molecule has 0 saturated carbocycles. The number of nitriles is 1. The maximum absolute atomic E-state index is 11.7. The predicted molar refractivity (Wildman–Crippen MR) is 116 cm³/mol. The minimum atomic E-state index is -0.0255. The highest BCUT2D eigenvalue weighted by molar-refractivity contribution is 5.76. The third kappa shape index (κ3) is 4.02. The summed E-state index contributed by atoms with van der Waals surface area (Å²) < 4.78 is 0. The van der Waals surface area contributed by atoms with Gasteiger partial charge in [-0.1, -0.05) is 13.0 Å². The second kappa shape index (κ2) is 7.83. The second-order valence-electron chi connectivity index (χ2n) is 8.66. The average Bonchev–Trinajstić information content (AvgIpc) is 3.13. The first-order valence-corrected chi connectivity index (χ1v) is 10.3. The van der Waals surface area contributed by atoms with Gasteiger partial charge in [0.25, 0.3) is 0 Å². The molecule has 1 aromatic heterocycles. The van der Waals surface area contributed by atoms with Crippen LogP contribution in [0.25, 0.3) is 0 Å². The zero-order chi connectivity index (χ0) is 21.3. The van der Waals surface area contributed by atoms with Crippen molar-refractivity contribution in [3.05, 3.63) is 71.2 Å². The third-order valence-electron chi connectivity index (χ3n) is 5.88. The summed E-state index contributed by atoms with van der Waals surface area (Å²) in [5.41, 5.74) is 4.73. The molecule has 154 valence electrons. The molecule has 6 heteroatoms. The Balaban J connectivity index is 1.70. The van der Waals surface area contributed by atoms with Crippen LogP contribution in [0.15, 0.2) is 48.7 Å². The van der Waals surface area contributed by atoms with E-state index in [2.05, 4.69) is 57.7 Å². The standard InChI is InChI=1S/C24H27N5O/c1-17-11-20(12-18(2)27-17)22-8-10-28(16-24(3)9-7-23(30)26-15-24)29(22)21-6-4-5-19(13-21)14-25/h4-6,8,10-13,22H,7,9,15-16H2,1-3H3,(H,26,30). The number of hydrogen-bond donors (Lipinski definition) is 1. The van der Waals surface area contributed by atoms with Crippen LogP contribution in [0.4, 0.5) is 5.69 Å². The van der Waals surface area contributed by atoms with E-state index >= 15 is 0 Å². The first-order chi connectivity index (χ1) is 14.4. The van der Waals surface area contributed by atoms with Gasteiger partial charge in [0.1, 0.15) is 0 Å². The number of rotatable bonds is 4. The number of pyridine rings is 1. The SMILES string of the molecule is Cc1cc(C2C=CN(CC3(C)CCC(=O)NC3)N2c2cccc(C#N)c2)cc(C)n1. The Morgan fingerprint density at radius 3 is 2.70 bits per heavy atom. The van der Waals surface area contributed by atoms with Crippen molar-refractivity contribution in [2.45, 2.75) is 39.7 Å². The lowest BCUT2D eigenvalue weighted by Crippen LogP contribution is -2.50. The number of carbonyl (C=O) groups is 1. The Bertz CT molecular complexity index is 1010. The predicted octanol–water partition coefficient (Wildman–Crippen LogP) is 3.78. The van der Waals surface area contributed by atoms with Gasteiger partial charge in [-0.25, -0.2) is 0 Å². The van der Waals surface area contributed by atoms with Crippen LogP contribution in [0, 0.1) is 30.6 Å². The summed E-state index contributed by atoms with van der Waals surface area (Å²) in [4.78, 5) is 16.2. The monoisotopic (exact) mass is 401 g/mol. The van der Waals surface area contributed by atoms with E-state index in [9.17, 15) is 10.1 Å². The molecule has 2 aliphatic heterocycles. The number of piperidine rings is 1. The van der Waals surface area contributed by atoms with E-state index < -0.39 is 0 Å². The molecule has 3 heterocycles. The van der Waals surface area contributed by atoms with Crippen LogP contribution in [-0.2, 0) is 4.79 Å². The highest BCUT2D eigenvalue weighted by Crippen LogP contribution is 2.38. The Hall–Kier alpha value is -3.33. The minimum absolute atomic E-state index is 0.0149. The van der Waals surface area contributed by atoms with Crippen molar-refractivity contribution < 1.29 is 4.79 Å². The van der Waals surface area contributed by atoms with Gasteiger partial charge < -0.3 is 5.32 Å². The Morgan fingerprint density at radius 2 is 2.03 bits per heavy atom. The van der Waals surface area contributed by atoms with Crippen LogP contribution in [0.5, 0.6) is 0 Å². The van der Waals surface area contributed by atoms with Gasteiger partial charge in [0.2, 0.25) is 5.91 Å². The number of aromatic nitrogens is 1. The minimum Gasteiger partial charge on any atom is -0.355 e. The first-order valence-electron chi connectivity index (χ1n) is 10.3.